The smallest absolute Gasteiger partial charge is 0.331 e. The van der Waals surface area contributed by atoms with Crippen molar-refractivity contribution >= 4 is 21.9 Å². The number of halogens is 1. The molecular weight excluding hydrogens is 306 g/mol. The molecule has 0 aliphatic heterocycles. The molecule has 1 aromatic heterocycles. The van der Waals surface area contributed by atoms with E-state index < -0.39 is 23.8 Å². The van der Waals surface area contributed by atoms with Gasteiger partial charge in [0.15, 0.2) is 0 Å². The number of carboxylic acids is 1. The molecule has 0 fully saturated rings. The molecule has 0 aliphatic rings. The van der Waals surface area contributed by atoms with Gasteiger partial charge >= 0.3 is 11.7 Å². The highest BCUT2D eigenvalue weighted by molar-refractivity contribution is 9.10. The first-order valence-corrected chi connectivity index (χ1v) is 5.98. The molecule has 8 heteroatoms. The van der Waals surface area contributed by atoms with Gasteiger partial charge in [0.1, 0.15) is 6.54 Å². The fraction of sp³-hybridized carbons (Fsp3) is 0.500. The largest absolute Gasteiger partial charge is 0.480 e. The average molecular weight is 320 g/mol. The van der Waals surface area contributed by atoms with Crippen molar-refractivity contribution in [3.8, 4) is 0 Å². The summed E-state index contributed by atoms with van der Waals surface area (Å²) in [5.74, 6) is -1.14. The maximum atomic E-state index is 11.9. The summed E-state index contributed by atoms with van der Waals surface area (Å²) >= 11 is 3.03. The van der Waals surface area contributed by atoms with Gasteiger partial charge in [0.25, 0.3) is 5.56 Å². The molecule has 0 radical (unpaired) electrons. The van der Waals surface area contributed by atoms with Crippen molar-refractivity contribution in [2.24, 2.45) is 0 Å². The summed E-state index contributed by atoms with van der Waals surface area (Å²) in [6.45, 7) is 0.252. The Morgan fingerprint density at radius 1 is 1.44 bits per heavy atom. The summed E-state index contributed by atoms with van der Waals surface area (Å²) in [6.07, 6.45) is 1.20. The standard InChI is InChI=1S/C10H14BrN3O4/c1-12(2)3-4-14-9(17)7(11)5-13(10(14)18)6-8(15)16/h5H,3-4,6H2,1-2H3,(H,15,16). The SMILES string of the molecule is CN(C)CCn1c(=O)c(Br)cn(CC(=O)O)c1=O. The molecule has 1 rings (SSSR count). The Morgan fingerprint density at radius 2 is 2.06 bits per heavy atom. The minimum atomic E-state index is -1.14. The van der Waals surface area contributed by atoms with Crippen LogP contribution in [0.25, 0.3) is 0 Å². The Bertz CT molecular complexity index is 561. The van der Waals surface area contributed by atoms with Gasteiger partial charge in [0.2, 0.25) is 0 Å². The van der Waals surface area contributed by atoms with Crippen LogP contribution in [0.15, 0.2) is 20.3 Å². The van der Waals surface area contributed by atoms with E-state index >= 15 is 0 Å². The Kier molecular flexibility index (Phi) is 4.85. The van der Waals surface area contributed by atoms with E-state index in [1.807, 2.05) is 19.0 Å². The molecular formula is C10H14BrN3O4. The van der Waals surface area contributed by atoms with Crippen molar-refractivity contribution in [1.29, 1.82) is 0 Å². The molecule has 0 atom stereocenters. The van der Waals surface area contributed by atoms with Crippen LogP contribution < -0.4 is 11.2 Å². The number of carboxylic acid groups (broad SMARTS) is 1. The van der Waals surface area contributed by atoms with Gasteiger partial charge in [0, 0.05) is 19.3 Å². The van der Waals surface area contributed by atoms with Crippen molar-refractivity contribution in [2.45, 2.75) is 13.1 Å². The highest BCUT2D eigenvalue weighted by Crippen LogP contribution is 1.99. The molecule has 0 spiro atoms. The van der Waals surface area contributed by atoms with Crippen molar-refractivity contribution in [2.75, 3.05) is 20.6 Å². The molecule has 100 valence electrons. The number of rotatable bonds is 5. The second-order valence-electron chi connectivity index (χ2n) is 4.04. The number of hydrogen-bond donors (Lipinski definition) is 1. The van der Waals surface area contributed by atoms with Crippen molar-refractivity contribution in [3.63, 3.8) is 0 Å². The van der Waals surface area contributed by atoms with Crippen LogP contribution in [0.4, 0.5) is 0 Å². The molecule has 0 saturated carbocycles. The highest BCUT2D eigenvalue weighted by Gasteiger charge is 2.11. The average Bonchev–Trinajstić information content (AvgIpc) is 2.24. The van der Waals surface area contributed by atoms with Gasteiger partial charge in [-0.05, 0) is 30.0 Å². The predicted molar refractivity (Wildman–Crippen MR) is 68.9 cm³/mol. The molecule has 0 aliphatic carbocycles. The number of carbonyl (C=O) groups is 1. The third-order valence-electron chi connectivity index (χ3n) is 2.27. The van der Waals surface area contributed by atoms with Gasteiger partial charge in [-0.15, -0.1) is 0 Å². The Morgan fingerprint density at radius 3 is 2.56 bits per heavy atom. The second kappa shape index (κ2) is 5.96. The van der Waals surface area contributed by atoms with Gasteiger partial charge in [-0.2, -0.15) is 0 Å². The van der Waals surface area contributed by atoms with E-state index in [0.29, 0.717) is 6.54 Å². The van der Waals surface area contributed by atoms with Crippen LogP contribution in [-0.4, -0.2) is 45.8 Å². The maximum absolute atomic E-state index is 11.9. The monoisotopic (exact) mass is 319 g/mol. The van der Waals surface area contributed by atoms with Crippen LogP contribution in [-0.2, 0) is 17.9 Å². The number of hydrogen-bond acceptors (Lipinski definition) is 4. The number of aromatic nitrogens is 2. The first kappa shape index (κ1) is 14.7. The number of likely N-dealkylation sites (N-methyl/N-ethyl adjacent to an activating group) is 1. The van der Waals surface area contributed by atoms with E-state index in [4.69, 9.17) is 5.11 Å². The molecule has 1 aromatic rings. The van der Waals surface area contributed by atoms with Gasteiger partial charge in [-0.25, -0.2) is 4.79 Å². The Hall–Kier alpha value is -1.41. The van der Waals surface area contributed by atoms with Crippen LogP contribution in [0.3, 0.4) is 0 Å². The normalized spacial score (nSPS) is 10.9. The zero-order chi connectivity index (χ0) is 13.9. The lowest BCUT2D eigenvalue weighted by Crippen LogP contribution is -2.42. The van der Waals surface area contributed by atoms with E-state index in [0.717, 1.165) is 9.13 Å². The minimum absolute atomic E-state index is 0.169. The lowest BCUT2D eigenvalue weighted by molar-refractivity contribution is -0.137. The lowest BCUT2D eigenvalue weighted by Gasteiger charge is -2.12. The van der Waals surface area contributed by atoms with Crippen molar-refractivity contribution < 1.29 is 9.90 Å². The molecule has 0 unspecified atom stereocenters. The van der Waals surface area contributed by atoms with Crippen molar-refractivity contribution in [1.82, 2.24) is 14.0 Å². The van der Waals surface area contributed by atoms with E-state index in [2.05, 4.69) is 15.9 Å². The summed E-state index contributed by atoms with van der Waals surface area (Å²) in [7, 11) is 3.64. The first-order chi connectivity index (χ1) is 8.32. The van der Waals surface area contributed by atoms with E-state index in [1.165, 1.54) is 6.20 Å². The first-order valence-electron chi connectivity index (χ1n) is 5.19. The van der Waals surface area contributed by atoms with Gasteiger partial charge in [-0.3, -0.25) is 18.7 Å². The third-order valence-corrected chi connectivity index (χ3v) is 2.82. The topological polar surface area (TPSA) is 84.5 Å². The van der Waals surface area contributed by atoms with E-state index in [1.54, 1.807) is 0 Å². The van der Waals surface area contributed by atoms with Gasteiger partial charge in [0.05, 0.1) is 4.47 Å². The van der Waals surface area contributed by atoms with Crippen molar-refractivity contribution in [3.05, 3.63) is 31.5 Å². The van der Waals surface area contributed by atoms with E-state index in [9.17, 15) is 14.4 Å². The number of nitrogens with zero attached hydrogens (tertiary/aromatic N) is 3. The fourth-order valence-electron chi connectivity index (χ4n) is 1.37. The number of aliphatic carboxylic acids is 1. The minimum Gasteiger partial charge on any atom is -0.480 e. The maximum Gasteiger partial charge on any atom is 0.331 e. The third kappa shape index (κ3) is 3.54. The Balaban J connectivity index is 3.23. The summed E-state index contributed by atoms with van der Waals surface area (Å²) in [4.78, 5) is 36.1. The van der Waals surface area contributed by atoms with Crippen LogP contribution in [0.2, 0.25) is 0 Å². The summed E-state index contributed by atoms with van der Waals surface area (Å²) in [5, 5.41) is 8.69. The van der Waals surface area contributed by atoms with Crippen LogP contribution >= 0.6 is 15.9 Å². The second-order valence-corrected chi connectivity index (χ2v) is 4.90. The van der Waals surface area contributed by atoms with Crippen LogP contribution in [0.1, 0.15) is 0 Å². The quantitative estimate of drug-likeness (QED) is 0.785. The van der Waals surface area contributed by atoms with Gasteiger partial charge < -0.3 is 10.0 Å². The Labute approximate surface area is 111 Å². The molecule has 7 nitrogen and oxygen atoms in total. The summed E-state index contributed by atoms with van der Waals surface area (Å²) in [5.41, 5.74) is -1.07. The molecule has 0 aromatic carbocycles. The summed E-state index contributed by atoms with van der Waals surface area (Å²) in [6, 6.07) is 0. The zero-order valence-corrected chi connectivity index (χ0v) is 11.7. The van der Waals surface area contributed by atoms with Gasteiger partial charge in [-0.1, -0.05) is 0 Å². The molecule has 0 amide bonds. The fourth-order valence-corrected chi connectivity index (χ4v) is 1.84. The zero-order valence-electron chi connectivity index (χ0n) is 10.1. The van der Waals surface area contributed by atoms with Crippen LogP contribution in [0.5, 0.6) is 0 Å². The molecule has 1 N–H and O–H groups in total. The molecule has 18 heavy (non-hydrogen) atoms. The highest BCUT2D eigenvalue weighted by atomic mass is 79.9. The summed E-state index contributed by atoms with van der Waals surface area (Å²) < 4.78 is 2.18. The molecule has 0 saturated heterocycles. The van der Waals surface area contributed by atoms with E-state index in [-0.39, 0.29) is 11.0 Å². The lowest BCUT2D eigenvalue weighted by atomic mass is 10.5. The molecule has 1 heterocycles. The predicted octanol–water partition coefficient (Wildman–Crippen LogP) is -0.581. The molecule has 0 bridgehead atoms. The van der Waals surface area contributed by atoms with Crippen LogP contribution in [0, 0.1) is 0 Å².